The molecule has 0 amide bonds. The molecule has 1 fully saturated rings. The predicted molar refractivity (Wildman–Crippen MR) is 180 cm³/mol. The van der Waals surface area contributed by atoms with Gasteiger partial charge in [-0.15, -0.1) is 5.54 Å². The second kappa shape index (κ2) is 13.1. The van der Waals surface area contributed by atoms with Crippen molar-refractivity contribution < 1.29 is 22.5 Å². The highest BCUT2D eigenvalue weighted by Gasteiger charge is 2.42. The van der Waals surface area contributed by atoms with Gasteiger partial charge in [0.1, 0.15) is 36.7 Å². The molecular weight excluding hydrogens is 611 g/mol. The van der Waals surface area contributed by atoms with Crippen LogP contribution >= 0.6 is 0 Å². The van der Waals surface area contributed by atoms with E-state index in [2.05, 4.69) is 63.0 Å². The molecule has 45 heavy (non-hydrogen) atoms. The Morgan fingerprint density at radius 3 is 2.31 bits per heavy atom. The van der Waals surface area contributed by atoms with Crippen LogP contribution < -0.4 is 9.64 Å². The maximum absolute atomic E-state index is 16.7. The van der Waals surface area contributed by atoms with Gasteiger partial charge in [-0.25, -0.2) is 23.7 Å². The highest BCUT2D eigenvalue weighted by atomic mass is 32.2. The summed E-state index contributed by atoms with van der Waals surface area (Å²) in [6.07, 6.45) is 3.90. The number of halogens is 2. The number of nitrogens with zero attached hydrogens (tertiary/aromatic N) is 4. The Kier molecular flexibility index (Phi) is 9.59. The monoisotopic (exact) mass is 650 g/mol. The van der Waals surface area contributed by atoms with E-state index in [4.69, 9.17) is 14.5 Å². The zero-order valence-electron chi connectivity index (χ0n) is 27.1. The van der Waals surface area contributed by atoms with Gasteiger partial charge in [0.05, 0.1) is 21.7 Å². The zero-order valence-corrected chi connectivity index (χ0v) is 28.9. The van der Waals surface area contributed by atoms with Crippen molar-refractivity contribution in [2.75, 3.05) is 38.1 Å². The van der Waals surface area contributed by atoms with E-state index in [0.717, 1.165) is 19.5 Å². The van der Waals surface area contributed by atoms with E-state index in [1.54, 1.807) is 18.2 Å². The summed E-state index contributed by atoms with van der Waals surface area (Å²) >= 11 is 0. The summed E-state index contributed by atoms with van der Waals surface area (Å²) in [5.41, 5.74) is 5.18. The van der Waals surface area contributed by atoms with E-state index in [1.807, 2.05) is 4.90 Å². The number of fused-ring (bicyclic) bond motifs is 2. The molecule has 1 aliphatic rings. The van der Waals surface area contributed by atoms with Gasteiger partial charge in [-0.05, 0) is 46.6 Å². The van der Waals surface area contributed by atoms with E-state index in [9.17, 15) is 4.21 Å². The van der Waals surface area contributed by atoms with Crippen molar-refractivity contribution in [2.24, 2.45) is 0 Å². The second-order valence-electron chi connectivity index (χ2n) is 12.5. The number of anilines is 1. The molecule has 2 aromatic carbocycles. The minimum absolute atomic E-state index is 0.00773. The lowest BCUT2D eigenvalue weighted by molar-refractivity contribution is 0.0512. The van der Waals surface area contributed by atoms with Crippen LogP contribution in [0, 0.1) is 23.1 Å². The Balaban J connectivity index is 1.89. The average Bonchev–Trinajstić information content (AvgIpc) is 2.96. The maximum atomic E-state index is 16.7. The van der Waals surface area contributed by atoms with Crippen LogP contribution in [-0.4, -0.2) is 60.5 Å². The summed E-state index contributed by atoms with van der Waals surface area (Å²) in [6.45, 7) is 14.7. The van der Waals surface area contributed by atoms with Crippen LogP contribution in [0.5, 0.6) is 5.75 Å². The smallest absolute Gasteiger partial charge is 0.218 e. The van der Waals surface area contributed by atoms with Crippen molar-refractivity contribution in [1.82, 2.24) is 15.0 Å². The molecule has 2 aromatic heterocycles. The summed E-state index contributed by atoms with van der Waals surface area (Å²) in [5, 5.41) is 1.51. The van der Waals surface area contributed by atoms with Crippen LogP contribution in [0.2, 0.25) is 16.6 Å². The first kappa shape index (κ1) is 32.9. The largest absolute Gasteiger partial charge is 0.468 e. The molecule has 7 nitrogen and oxygen atoms in total. The van der Waals surface area contributed by atoms with E-state index in [0.29, 0.717) is 49.9 Å². The van der Waals surface area contributed by atoms with Crippen LogP contribution in [0.1, 0.15) is 53.5 Å². The molecule has 5 rings (SSSR count). The number of pyridine rings is 1. The van der Waals surface area contributed by atoms with Crippen LogP contribution in [0.25, 0.3) is 32.9 Å². The van der Waals surface area contributed by atoms with Crippen LogP contribution in [0.3, 0.4) is 0 Å². The molecule has 3 heterocycles. The Labute approximate surface area is 267 Å². The lowest BCUT2D eigenvalue weighted by atomic mass is 9.95. The van der Waals surface area contributed by atoms with E-state index < -0.39 is 30.5 Å². The molecule has 1 unspecified atom stereocenters. The third-order valence-electron chi connectivity index (χ3n) is 8.96. The van der Waals surface area contributed by atoms with Crippen molar-refractivity contribution in [3.05, 3.63) is 47.7 Å². The number of rotatable bonds is 9. The summed E-state index contributed by atoms with van der Waals surface area (Å²) in [6, 6.07) is 6.47. The number of ether oxygens (including phenoxy) is 2. The molecule has 0 saturated carbocycles. The number of aromatic nitrogens is 3. The summed E-state index contributed by atoms with van der Waals surface area (Å²) < 4.78 is 55.9. The highest BCUT2D eigenvalue weighted by Crippen LogP contribution is 2.43. The molecule has 0 N–H and O–H groups in total. The standard InChI is InChI=1S/C34H40F2N4O3SSi/c1-20(2)45(21(3)4,22(5)6)15-12-25-28(35)11-10-23-16-24(43-19-42-7)17-26(29(23)25)31-30(36)32-27(18-37-34(39-32)44(8)41)33(38-31)40-13-9-14-40/h10-11,16-18,20-22H,9,13-14,19H2,1-8H3. The van der Waals surface area contributed by atoms with Gasteiger partial charge in [-0.3, -0.25) is 4.21 Å². The number of benzene rings is 2. The predicted octanol–water partition coefficient (Wildman–Crippen LogP) is 7.62. The third kappa shape index (κ3) is 5.96. The van der Waals surface area contributed by atoms with Gasteiger partial charge in [0, 0.05) is 43.6 Å². The molecule has 0 spiro atoms. The van der Waals surface area contributed by atoms with Crippen molar-refractivity contribution in [3.63, 3.8) is 0 Å². The normalized spacial score (nSPS) is 14.3. The van der Waals surface area contributed by atoms with Crippen LogP contribution in [-0.2, 0) is 15.5 Å². The minimum Gasteiger partial charge on any atom is -0.468 e. The Bertz CT molecular complexity index is 1830. The highest BCUT2D eigenvalue weighted by molar-refractivity contribution is 7.84. The van der Waals surface area contributed by atoms with Gasteiger partial charge in [0.25, 0.3) is 0 Å². The molecule has 1 atom stereocenters. The SMILES string of the molecule is COCOc1cc(-c2nc(N3CCC3)c3cnc(S(C)=O)nc3c2F)c2c(C#C[Si](C(C)C)(C(C)C)C(C)C)c(F)ccc2c1. The van der Waals surface area contributed by atoms with Crippen molar-refractivity contribution in [2.45, 2.75) is 69.7 Å². The van der Waals surface area contributed by atoms with E-state index in [1.165, 1.54) is 25.6 Å². The molecule has 0 aliphatic carbocycles. The number of methoxy groups -OCH3 is 1. The fourth-order valence-corrected chi connectivity index (χ4v) is 12.3. The number of hydrogen-bond donors (Lipinski definition) is 0. The third-order valence-corrected chi connectivity index (χ3v) is 16.0. The maximum Gasteiger partial charge on any atom is 0.218 e. The first-order valence-corrected chi connectivity index (χ1v) is 19.1. The quantitative estimate of drug-likeness (QED) is 0.0798. The van der Waals surface area contributed by atoms with E-state index in [-0.39, 0.29) is 28.7 Å². The van der Waals surface area contributed by atoms with Gasteiger partial charge in [-0.2, -0.15) is 0 Å². The molecular formula is C34H40F2N4O3SSi. The van der Waals surface area contributed by atoms with Gasteiger partial charge in [-0.1, -0.05) is 53.5 Å². The van der Waals surface area contributed by atoms with Crippen LogP contribution in [0.4, 0.5) is 14.6 Å². The lowest BCUT2D eigenvalue weighted by Gasteiger charge is -2.38. The Morgan fingerprint density at radius 2 is 1.73 bits per heavy atom. The fourth-order valence-electron chi connectivity index (χ4n) is 6.65. The van der Waals surface area contributed by atoms with E-state index >= 15 is 8.78 Å². The summed E-state index contributed by atoms with van der Waals surface area (Å²) in [5.74, 6) is 3.02. The second-order valence-corrected chi connectivity index (χ2v) is 19.4. The molecule has 11 heteroatoms. The molecule has 0 bridgehead atoms. The lowest BCUT2D eigenvalue weighted by Crippen LogP contribution is -2.43. The Hall–Kier alpha value is -3.46. The number of hydrogen-bond acceptors (Lipinski definition) is 7. The van der Waals surface area contributed by atoms with Crippen molar-refractivity contribution in [1.29, 1.82) is 0 Å². The topological polar surface area (TPSA) is 77.4 Å². The zero-order chi connectivity index (χ0) is 32.6. The Morgan fingerprint density at radius 1 is 1.04 bits per heavy atom. The molecule has 1 saturated heterocycles. The molecule has 238 valence electrons. The van der Waals surface area contributed by atoms with Gasteiger partial charge in [0.2, 0.25) is 5.16 Å². The first-order valence-electron chi connectivity index (χ1n) is 15.3. The fraction of sp³-hybridized carbons (Fsp3) is 0.441. The summed E-state index contributed by atoms with van der Waals surface area (Å²) in [7, 11) is -2.26. The first-order chi connectivity index (χ1) is 21.4. The summed E-state index contributed by atoms with van der Waals surface area (Å²) in [4.78, 5) is 15.5. The van der Waals surface area contributed by atoms with Gasteiger partial charge < -0.3 is 14.4 Å². The minimum atomic E-state index is -2.24. The van der Waals surface area contributed by atoms with Crippen LogP contribution in [0.15, 0.2) is 35.6 Å². The van der Waals surface area contributed by atoms with Gasteiger partial charge in [0.15, 0.2) is 12.6 Å². The van der Waals surface area contributed by atoms with Crippen molar-refractivity contribution >= 4 is 46.4 Å². The molecule has 1 aliphatic heterocycles. The average molecular weight is 651 g/mol. The van der Waals surface area contributed by atoms with Crippen molar-refractivity contribution in [3.8, 4) is 28.5 Å². The molecule has 0 radical (unpaired) electrons. The van der Waals surface area contributed by atoms with Gasteiger partial charge >= 0.3 is 0 Å². The molecule has 4 aromatic rings.